The molecule has 18 heavy (non-hydrogen) atoms. The highest BCUT2D eigenvalue weighted by Crippen LogP contribution is 2.18. The van der Waals surface area contributed by atoms with Gasteiger partial charge in [0.1, 0.15) is 6.04 Å². The lowest BCUT2D eigenvalue weighted by atomic mass is 10.2. The zero-order chi connectivity index (χ0) is 13.1. The van der Waals surface area contributed by atoms with Crippen LogP contribution in [-0.4, -0.2) is 28.9 Å². The predicted molar refractivity (Wildman–Crippen MR) is 65.2 cm³/mol. The lowest BCUT2D eigenvalue weighted by molar-refractivity contribution is -0.122. The molecule has 0 saturated heterocycles. The van der Waals surface area contributed by atoms with Gasteiger partial charge in [-0.2, -0.15) is 0 Å². The van der Waals surface area contributed by atoms with Gasteiger partial charge in [-0.25, -0.2) is 0 Å². The van der Waals surface area contributed by atoms with E-state index in [1.165, 1.54) is 18.3 Å². The molecule has 6 nitrogen and oxygen atoms in total. The lowest BCUT2D eigenvalue weighted by Crippen LogP contribution is -2.45. The normalized spacial score (nSPS) is 15.8. The van der Waals surface area contributed by atoms with E-state index >= 15 is 0 Å². The molecule has 1 aliphatic rings. The maximum Gasteiger partial charge on any atom is 0.253 e. The number of aromatic nitrogens is 1. The number of nitrogens with one attached hydrogen (secondary N) is 3. The predicted octanol–water partition coefficient (Wildman–Crippen LogP) is -0.228. The summed E-state index contributed by atoms with van der Waals surface area (Å²) in [6.07, 6.45) is 3.34. The third-order valence-electron chi connectivity index (χ3n) is 2.71. The smallest absolute Gasteiger partial charge is 0.253 e. The number of amides is 2. The van der Waals surface area contributed by atoms with Gasteiger partial charge in [-0.15, -0.1) is 0 Å². The molecule has 0 aromatic carbocycles. The molecule has 1 fully saturated rings. The molecule has 2 amide bonds. The van der Waals surface area contributed by atoms with E-state index in [2.05, 4.69) is 15.6 Å². The molecular formula is C12H15N3O3. The Morgan fingerprint density at radius 2 is 2.11 bits per heavy atom. The van der Waals surface area contributed by atoms with Gasteiger partial charge in [0.25, 0.3) is 5.91 Å². The summed E-state index contributed by atoms with van der Waals surface area (Å²) in [5.41, 5.74) is 0.0479. The molecule has 96 valence electrons. The summed E-state index contributed by atoms with van der Waals surface area (Å²) in [4.78, 5) is 36.6. The number of pyridine rings is 1. The van der Waals surface area contributed by atoms with Crippen LogP contribution in [-0.2, 0) is 4.79 Å². The van der Waals surface area contributed by atoms with Crippen LogP contribution in [0.5, 0.6) is 0 Å². The third-order valence-corrected chi connectivity index (χ3v) is 2.71. The Kier molecular flexibility index (Phi) is 3.45. The molecule has 1 saturated carbocycles. The molecule has 1 aliphatic carbocycles. The van der Waals surface area contributed by atoms with Gasteiger partial charge in [-0.3, -0.25) is 14.4 Å². The van der Waals surface area contributed by atoms with E-state index < -0.39 is 6.04 Å². The van der Waals surface area contributed by atoms with E-state index in [-0.39, 0.29) is 23.4 Å². The standard InChI is InChI=1S/C12H15N3O3/c1-7(11(17)15-9-3-4-9)14-12(18)8-2-5-10(16)13-6-8/h2,5-7,9H,3-4H2,1H3,(H,13,16)(H,14,18)(H,15,17). The molecule has 1 heterocycles. The van der Waals surface area contributed by atoms with Gasteiger partial charge in [0.2, 0.25) is 11.5 Å². The minimum atomic E-state index is -0.593. The van der Waals surface area contributed by atoms with Crippen LogP contribution in [0, 0.1) is 0 Å². The number of hydrogen-bond donors (Lipinski definition) is 3. The highest BCUT2D eigenvalue weighted by atomic mass is 16.2. The van der Waals surface area contributed by atoms with Gasteiger partial charge < -0.3 is 15.6 Å². The molecule has 1 unspecified atom stereocenters. The second kappa shape index (κ2) is 5.03. The molecule has 0 radical (unpaired) electrons. The molecule has 6 heteroatoms. The van der Waals surface area contributed by atoms with Gasteiger partial charge in [0, 0.05) is 18.3 Å². The van der Waals surface area contributed by atoms with Crippen LogP contribution in [0.2, 0.25) is 0 Å². The molecule has 1 aromatic rings. The first-order valence-electron chi connectivity index (χ1n) is 5.86. The summed E-state index contributed by atoms with van der Waals surface area (Å²) in [6, 6.07) is 2.36. The fraction of sp³-hybridized carbons (Fsp3) is 0.417. The van der Waals surface area contributed by atoms with Crippen molar-refractivity contribution < 1.29 is 9.59 Å². The minimum absolute atomic E-state index is 0.185. The van der Waals surface area contributed by atoms with Crippen molar-refractivity contribution in [2.75, 3.05) is 0 Å². The second-order valence-corrected chi connectivity index (χ2v) is 4.42. The first kappa shape index (κ1) is 12.3. The molecule has 2 rings (SSSR count). The van der Waals surface area contributed by atoms with Gasteiger partial charge in [-0.05, 0) is 25.8 Å². The zero-order valence-electron chi connectivity index (χ0n) is 10.0. The van der Waals surface area contributed by atoms with E-state index in [9.17, 15) is 14.4 Å². The number of carbonyl (C=O) groups excluding carboxylic acids is 2. The fourth-order valence-corrected chi connectivity index (χ4v) is 1.45. The Hall–Kier alpha value is -2.11. The summed E-state index contributed by atoms with van der Waals surface area (Å²) >= 11 is 0. The van der Waals surface area contributed by atoms with Crippen LogP contribution in [0.15, 0.2) is 23.1 Å². The van der Waals surface area contributed by atoms with Crippen molar-refractivity contribution in [2.24, 2.45) is 0 Å². The number of hydrogen-bond acceptors (Lipinski definition) is 3. The molecule has 0 spiro atoms. The average molecular weight is 249 g/mol. The largest absolute Gasteiger partial charge is 0.352 e. The van der Waals surface area contributed by atoms with Crippen LogP contribution in [0.4, 0.5) is 0 Å². The lowest BCUT2D eigenvalue weighted by Gasteiger charge is -2.13. The summed E-state index contributed by atoms with van der Waals surface area (Å²) < 4.78 is 0. The van der Waals surface area contributed by atoms with Crippen LogP contribution in [0.25, 0.3) is 0 Å². The average Bonchev–Trinajstić information content (AvgIpc) is 3.13. The van der Waals surface area contributed by atoms with E-state index in [1.54, 1.807) is 6.92 Å². The molecule has 0 aliphatic heterocycles. The van der Waals surface area contributed by atoms with Gasteiger partial charge in [0.05, 0.1) is 5.56 Å². The quantitative estimate of drug-likeness (QED) is 0.688. The first-order valence-corrected chi connectivity index (χ1v) is 5.86. The monoisotopic (exact) mass is 249 g/mol. The molecular weight excluding hydrogens is 234 g/mol. The van der Waals surface area contributed by atoms with Crippen LogP contribution in [0.3, 0.4) is 0 Å². The molecule has 0 bridgehead atoms. The summed E-state index contributed by atoms with van der Waals surface area (Å²) in [7, 11) is 0. The SMILES string of the molecule is CC(NC(=O)c1ccc(=O)[nH]c1)C(=O)NC1CC1. The van der Waals surface area contributed by atoms with Crippen molar-refractivity contribution in [1.82, 2.24) is 15.6 Å². The van der Waals surface area contributed by atoms with E-state index in [4.69, 9.17) is 0 Å². The zero-order valence-corrected chi connectivity index (χ0v) is 10.0. The summed E-state index contributed by atoms with van der Waals surface area (Å²) in [5, 5.41) is 5.38. The van der Waals surface area contributed by atoms with Crippen LogP contribution < -0.4 is 16.2 Å². The Balaban J connectivity index is 1.91. The minimum Gasteiger partial charge on any atom is -0.352 e. The number of aromatic amines is 1. The Morgan fingerprint density at radius 3 is 2.67 bits per heavy atom. The highest BCUT2D eigenvalue weighted by Gasteiger charge is 2.26. The number of rotatable bonds is 4. The number of H-pyrrole nitrogens is 1. The van der Waals surface area contributed by atoms with Crippen LogP contribution in [0.1, 0.15) is 30.1 Å². The van der Waals surface area contributed by atoms with Gasteiger partial charge >= 0.3 is 0 Å². The topological polar surface area (TPSA) is 91.1 Å². The maximum atomic E-state index is 11.8. The van der Waals surface area contributed by atoms with E-state index in [0.29, 0.717) is 5.56 Å². The van der Waals surface area contributed by atoms with Gasteiger partial charge in [0.15, 0.2) is 0 Å². The molecule has 1 aromatic heterocycles. The van der Waals surface area contributed by atoms with E-state index in [1.807, 2.05) is 0 Å². The highest BCUT2D eigenvalue weighted by molar-refractivity contribution is 5.97. The Bertz CT molecular complexity index is 499. The van der Waals surface area contributed by atoms with Crippen molar-refractivity contribution in [3.8, 4) is 0 Å². The number of carbonyl (C=O) groups is 2. The molecule has 3 N–H and O–H groups in total. The summed E-state index contributed by atoms with van der Waals surface area (Å²) in [5.74, 6) is -0.569. The molecule has 1 atom stereocenters. The maximum absolute atomic E-state index is 11.8. The van der Waals surface area contributed by atoms with Crippen molar-refractivity contribution in [3.63, 3.8) is 0 Å². The first-order chi connectivity index (χ1) is 8.56. The van der Waals surface area contributed by atoms with Gasteiger partial charge in [-0.1, -0.05) is 0 Å². The van der Waals surface area contributed by atoms with Crippen LogP contribution >= 0.6 is 0 Å². The van der Waals surface area contributed by atoms with Crippen molar-refractivity contribution in [3.05, 3.63) is 34.2 Å². The van der Waals surface area contributed by atoms with Crippen molar-refractivity contribution in [2.45, 2.75) is 31.8 Å². The van der Waals surface area contributed by atoms with Crippen molar-refractivity contribution >= 4 is 11.8 Å². The second-order valence-electron chi connectivity index (χ2n) is 4.42. The van der Waals surface area contributed by atoms with E-state index in [0.717, 1.165) is 12.8 Å². The third kappa shape index (κ3) is 3.19. The fourth-order valence-electron chi connectivity index (χ4n) is 1.45. The summed E-state index contributed by atoms with van der Waals surface area (Å²) in [6.45, 7) is 1.63. The van der Waals surface area contributed by atoms with Crippen molar-refractivity contribution in [1.29, 1.82) is 0 Å². The Morgan fingerprint density at radius 1 is 1.39 bits per heavy atom. The Labute approximate surface area is 104 Å².